The van der Waals surface area contributed by atoms with Crippen molar-refractivity contribution in [2.75, 3.05) is 7.11 Å². The first-order valence-electron chi connectivity index (χ1n) is 12.5. The van der Waals surface area contributed by atoms with Crippen LogP contribution in [0.15, 0.2) is 115 Å². The van der Waals surface area contributed by atoms with Gasteiger partial charge in [-0.05, 0) is 28.4 Å². The first-order chi connectivity index (χ1) is 16.9. The average molecular weight is 481 g/mol. The normalized spacial score (nSPS) is 12.2. The van der Waals surface area contributed by atoms with Gasteiger partial charge in [-0.25, -0.2) is 0 Å². The Labute approximate surface area is 211 Å². The molecule has 0 aliphatic rings. The van der Waals surface area contributed by atoms with Crippen molar-refractivity contribution < 1.29 is 9.16 Å². The molecular formula is C32H36O2Si. The summed E-state index contributed by atoms with van der Waals surface area (Å²) in [6.45, 7) is 9.13. The summed E-state index contributed by atoms with van der Waals surface area (Å²) in [5, 5.41) is 1.31. The number of ether oxygens (including phenoxy) is 1. The van der Waals surface area contributed by atoms with Crippen molar-refractivity contribution in [3.8, 4) is 5.75 Å². The van der Waals surface area contributed by atoms with Crippen LogP contribution in [0.1, 0.15) is 44.4 Å². The second-order valence-corrected chi connectivity index (χ2v) is 14.6. The van der Waals surface area contributed by atoms with E-state index in [1.54, 1.807) is 0 Å². The molecule has 0 atom stereocenters. The molecule has 4 aromatic rings. The zero-order valence-electron chi connectivity index (χ0n) is 21.4. The lowest BCUT2D eigenvalue weighted by Crippen LogP contribution is -2.55. The van der Waals surface area contributed by atoms with Crippen molar-refractivity contribution >= 4 is 13.5 Å². The summed E-state index contributed by atoms with van der Waals surface area (Å²) < 4.78 is 13.4. The highest BCUT2D eigenvalue weighted by Crippen LogP contribution is 2.41. The van der Waals surface area contributed by atoms with Gasteiger partial charge in [-0.15, -0.1) is 0 Å². The second kappa shape index (κ2) is 10.6. The van der Waals surface area contributed by atoms with E-state index in [-0.39, 0.29) is 0 Å². The maximum atomic E-state index is 7.06. The van der Waals surface area contributed by atoms with Gasteiger partial charge in [0.1, 0.15) is 5.75 Å². The molecule has 180 valence electrons. The van der Waals surface area contributed by atoms with Gasteiger partial charge >= 0.3 is 0 Å². The van der Waals surface area contributed by atoms with Crippen LogP contribution < -0.4 is 9.92 Å². The van der Waals surface area contributed by atoms with Crippen molar-refractivity contribution in [2.45, 2.75) is 44.4 Å². The van der Waals surface area contributed by atoms with Crippen LogP contribution in [0.2, 0.25) is 11.1 Å². The highest BCUT2D eigenvalue weighted by atomic mass is 28.4. The van der Waals surface area contributed by atoms with Gasteiger partial charge in [0, 0.05) is 23.8 Å². The monoisotopic (exact) mass is 480 g/mol. The highest BCUT2D eigenvalue weighted by Gasteiger charge is 2.43. The zero-order valence-corrected chi connectivity index (χ0v) is 22.4. The highest BCUT2D eigenvalue weighted by molar-refractivity contribution is 6.88. The summed E-state index contributed by atoms with van der Waals surface area (Å²) in [5.74, 6) is 0.830. The van der Waals surface area contributed by atoms with Gasteiger partial charge in [0.25, 0.3) is 0 Å². The quantitative estimate of drug-likeness (QED) is 0.181. The fraction of sp³-hybridized carbons (Fsp3) is 0.250. The van der Waals surface area contributed by atoms with Gasteiger partial charge in [-0.2, -0.15) is 0 Å². The topological polar surface area (TPSA) is 18.5 Å². The fourth-order valence-corrected chi connectivity index (χ4v) is 10.1. The van der Waals surface area contributed by atoms with Gasteiger partial charge in [-0.1, -0.05) is 131 Å². The van der Waals surface area contributed by atoms with Gasteiger partial charge in [0.05, 0.1) is 0 Å². The van der Waals surface area contributed by atoms with Crippen LogP contribution in [0.3, 0.4) is 0 Å². The van der Waals surface area contributed by atoms with Crippen molar-refractivity contribution in [1.29, 1.82) is 0 Å². The molecule has 2 nitrogen and oxygen atoms in total. The molecule has 0 fully saturated rings. The van der Waals surface area contributed by atoms with E-state index in [1.165, 1.54) is 5.19 Å². The minimum atomic E-state index is -2.13. The molecule has 3 heteroatoms. The first kappa shape index (κ1) is 25.0. The molecule has 0 radical (unpaired) electrons. The van der Waals surface area contributed by atoms with Crippen LogP contribution in [0.4, 0.5) is 0 Å². The molecule has 0 amide bonds. The second-order valence-electron chi connectivity index (χ2n) is 9.71. The van der Waals surface area contributed by atoms with E-state index in [0.717, 1.165) is 22.4 Å². The number of hydrogen-bond acceptors (Lipinski definition) is 2. The molecule has 4 aromatic carbocycles. The summed E-state index contributed by atoms with van der Waals surface area (Å²) in [4.78, 5) is 0. The minimum absolute atomic E-state index is 0.469. The molecular weight excluding hydrogens is 444 g/mol. The van der Waals surface area contributed by atoms with Gasteiger partial charge < -0.3 is 9.16 Å². The predicted octanol–water partition coefficient (Wildman–Crippen LogP) is 7.68. The van der Waals surface area contributed by atoms with Crippen LogP contribution in [-0.4, -0.2) is 15.4 Å². The van der Waals surface area contributed by atoms with Crippen molar-refractivity contribution in [1.82, 2.24) is 0 Å². The molecule has 0 aliphatic heterocycles. The van der Waals surface area contributed by atoms with Crippen LogP contribution in [0.25, 0.3) is 0 Å². The smallest absolute Gasteiger partial charge is 0.228 e. The maximum absolute atomic E-state index is 7.06. The van der Waals surface area contributed by atoms with Gasteiger partial charge in [-0.3, -0.25) is 0 Å². The standard InChI is InChI=1S/C32H36O2Si/c1-25(2)35(33-5,26(3)4)31-23-21-30(22-24-31)34-32(27-15-9-6-10-16-27,28-17-11-7-12-18-28)29-19-13-8-14-20-29/h6-26H,1-5H3. The summed E-state index contributed by atoms with van der Waals surface area (Å²) in [7, 11) is -0.252. The van der Waals surface area contributed by atoms with E-state index in [0.29, 0.717) is 11.1 Å². The summed E-state index contributed by atoms with van der Waals surface area (Å²) in [6, 6.07) is 40.2. The Bertz CT molecular complexity index is 1080. The van der Waals surface area contributed by atoms with E-state index in [4.69, 9.17) is 9.16 Å². The van der Waals surface area contributed by atoms with Crippen LogP contribution in [0.5, 0.6) is 5.75 Å². The largest absolute Gasteiger partial charge is 0.473 e. The number of rotatable bonds is 9. The van der Waals surface area contributed by atoms with Crippen LogP contribution in [0, 0.1) is 0 Å². The van der Waals surface area contributed by atoms with E-state index < -0.39 is 13.9 Å². The Morgan fingerprint density at radius 1 is 0.543 bits per heavy atom. The van der Waals surface area contributed by atoms with E-state index in [2.05, 4.69) is 125 Å². The molecule has 0 saturated heterocycles. The zero-order chi connectivity index (χ0) is 24.9. The Kier molecular flexibility index (Phi) is 7.59. The fourth-order valence-electron chi connectivity index (χ4n) is 5.58. The van der Waals surface area contributed by atoms with Crippen LogP contribution in [-0.2, 0) is 10.0 Å². The molecule has 4 rings (SSSR count). The molecule has 0 saturated carbocycles. The van der Waals surface area contributed by atoms with Crippen molar-refractivity contribution in [3.05, 3.63) is 132 Å². The van der Waals surface area contributed by atoms with E-state index >= 15 is 0 Å². The molecule has 35 heavy (non-hydrogen) atoms. The third-order valence-electron chi connectivity index (χ3n) is 7.17. The molecule has 0 heterocycles. The van der Waals surface area contributed by atoms with E-state index in [9.17, 15) is 0 Å². The molecule has 0 bridgehead atoms. The molecule has 0 spiro atoms. The molecule has 0 N–H and O–H groups in total. The first-order valence-corrected chi connectivity index (χ1v) is 14.5. The Balaban J connectivity index is 1.87. The summed E-state index contributed by atoms with van der Waals surface area (Å²) in [6.07, 6.45) is 0. The lowest BCUT2D eigenvalue weighted by Gasteiger charge is -2.38. The average Bonchev–Trinajstić information content (AvgIpc) is 2.90. The van der Waals surface area contributed by atoms with Gasteiger partial charge in [0.15, 0.2) is 5.60 Å². The van der Waals surface area contributed by atoms with Crippen molar-refractivity contribution in [2.24, 2.45) is 0 Å². The maximum Gasteiger partial charge on any atom is 0.228 e. The number of benzene rings is 4. The predicted molar refractivity (Wildman–Crippen MR) is 149 cm³/mol. The minimum Gasteiger partial charge on any atom is -0.473 e. The lowest BCUT2D eigenvalue weighted by molar-refractivity contribution is 0.155. The molecule has 0 aliphatic carbocycles. The Morgan fingerprint density at radius 3 is 1.23 bits per heavy atom. The Morgan fingerprint density at radius 2 is 0.914 bits per heavy atom. The SMILES string of the molecule is CO[Si](c1ccc(OC(c2ccccc2)(c2ccccc2)c2ccccc2)cc1)(C(C)C)C(C)C. The summed E-state index contributed by atoms with van der Waals surface area (Å²) in [5.41, 5.74) is 3.42. The van der Waals surface area contributed by atoms with Gasteiger partial charge in [0.2, 0.25) is 8.32 Å². The number of hydrogen-bond donors (Lipinski definition) is 0. The van der Waals surface area contributed by atoms with E-state index in [1.807, 2.05) is 25.3 Å². The molecule has 0 unspecified atom stereocenters. The Hall–Kier alpha value is -3.14. The summed E-state index contributed by atoms with van der Waals surface area (Å²) >= 11 is 0. The molecule has 0 aromatic heterocycles. The lowest BCUT2D eigenvalue weighted by atomic mass is 9.80. The van der Waals surface area contributed by atoms with Crippen molar-refractivity contribution in [3.63, 3.8) is 0 Å². The third-order valence-corrected chi connectivity index (χ3v) is 12.5. The third kappa shape index (κ3) is 4.59. The van der Waals surface area contributed by atoms with Crippen LogP contribution >= 0.6 is 0 Å².